The van der Waals surface area contributed by atoms with Crippen LogP contribution in [-0.4, -0.2) is 49.6 Å². The van der Waals surface area contributed by atoms with Crippen LogP contribution in [0, 0.1) is 5.92 Å². The van der Waals surface area contributed by atoms with Crippen LogP contribution in [0.4, 0.5) is 5.69 Å². The van der Waals surface area contributed by atoms with E-state index >= 15 is 0 Å². The number of allylic oxidation sites excluding steroid dienone is 1. The number of rotatable bonds is 10. The number of hydrogen-bond donors (Lipinski definition) is 1. The van der Waals surface area contributed by atoms with Gasteiger partial charge >= 0.3 is 5.97 Å². The van der Waals surface area contributed by atoms with E-state index in [9.17, 15) is 14.4 Å². The Hall–Kier alpha value is -4.07. The van der Waals surface area contributed by atoms with Crippen LogP contribution in [-0.2, 0) is 19.1 Å². The number of nitrogens with zero attached hydrogens (tertiary/aromatic N) is 1. The SMILES string of the molecule is CCOC(=O)C1=C(C)N(CC(C)C)C(=O)/C1=C\c1ccc(OCC(=O)Nc2ccccc2OC)cc1. The van der Waals surface area contributed by atoms with Crippen LogP contribution in [0.3, 0.4) is 0 Å². The van der Waals surface area contributed by atoms with Gasteiger partial charge in [-0.1, -0.05) is 38.1 Å². The van der Waals surface area contributed by atoms with Crippen LogP contribution < -0.4 is 14.8 Å². The van der Waals surface area contributed by atoms with Crippen molar-refractivity contribution in [3.05, 3.63) is 70.9 Å². The monoisotopic (exact) mass is 492 g/mol. The zero-order valence-corrected chi connectivity index (χ0v) is 21.3. The van der Waals surface area contributed by atoms with E-state index in [1.54, 1.807) is 67.3 Å². The molecule has 2 aromatic rings. The molecule has 36 heavy (non-hydrogen) atoms. The Morgan fingerprint density at radius 3 is 2.42 bits per heavy atom. The summed E-state index contributed by atoms with van der Waals surface area (Å²) in [5.41, 5.74) is 2.46. The molecule has 1 aliphatic rings. The fourth-order valence-electron chi connectivity index (χ4n) is 3.82. The number of nitrogens with one attached hydrogen (secondary N) is 1. The van der Waals surface area contributed by atoms with Crippen LogP contribution in [0.1, 0.15) is 33.3 Å². The van der Waals surface area contributed by atoms with Crippen LogP contribution in [0.15, 0.2) is 65.4 Å². The summed E-state index contributed by atoms with van der Waals surface area (Å²) in [6.45, 7) is 8.07. The number of carbonyl (C=O) groups is 3. The molecule has 2 aromatic carbocycles. The number of carbonyl (C=O) groups excluding carboxylic acids is 3. The molecule has 190 valence electrons. The first-order valence-corrected chi connectivity index (χ1v) is 11.8. The number of methoxy groups -OCH3 is 1. The first kappa shape index (κ1) is 26.5. The van der Waals surface area contributed by atoms with Crippen molar-refractivity contribution in [2.24, 2.45) is 5.92 Å². The summed E-state index contributed by atoms with van der Waals surface area (Å²) in [5, 5.41) is 2.75. The third-order valence-electron chi connectivity index (χ3n) is 5.48. The molecule has 0 spiro atoms. The van der Waals surface area contributed by atoms with Gasteiger partial charge in [0.1, 0.15) is 11.5 Å². The van der Waals surface area contributed by atoms with Gasteiger partial charge in [0.2, 0.25) is 0 Å². The van der Waals surface area contributed by atoms with Gasteiger partial charge < -0.3 is 24.4 Å². The number of hydrogen-bond acceptors (Lipinski definition) is 6. The van der Waals surface area contributed by atoms with E-state index < -0.39 is 5.97 Å². The van der Waals surface area contributed by atoms with Crippen molar-refractivity contribution in [2.75, 3.05) is 32.2 Å². The van der Waals surface area contributed by atoms with Gasteiger partial charge in [-0.15, -0.1) is 0 Å². The number of benzene rings is 2. The molecular formula is C28H32N2O6. The van der Waals surface area contributed by atoms with E-state index in [4.69, 9.17) is 14.2 Å². The standard InChI is InChI=1S/C28H32N2O6/c1-6-35-28(33)26-19(4)30(16-18(2)3)27(32)22(26)15-20-11-13-21(14-12-20)36-17-25(31)29-23-9-7-8-10-24(23)34-5/h7-15,18H,6,16-17H2,1-5H3,(H,29,31)/b22-15-. The van der Waals surface area contributed by atoms with Crippen molar-refractivity contribution in [3.8, 4) is 11.5 Å². The maximum atomic E-state index is 13.1. The number of para-hydroxylation sites is 2. The van der Waals surface area contributed by atoms with Gasteiger partial charge in [-0.05, 0) is 55.7 Å². The average Bonchev–Trinajstić information content (AvgIpc) is 3.08. The maximum Gasteiger partial charge on any atom is 0.340 e. The van der Waals surface area contributed by atoms with Crippen LogP contribution >= 0.6 is 0 Å². The molecule has 3 rings (SSSR count). The topological polar surface area (TPSA) is 94.2 Å². The fraction of sp³-hybridized carbons (Fsp3) is 0.321. The molecule has 0 atom stereocenters. The van der Waals surface area contributed by atoms with Gasteiger partial charge in [-0.3, -0.25) is 9.59 Å². The number of amides is 2. The summed E-state index contributed by atoms with van der Waals surface area (Å²) in [4.78, 5) is 39.7. The number of anilines is 1. The third kappa shape index (κ3) is 6.33. The lowest BCUT2D eigenvalue weighted by Gasteiger charge is -2.19. The Kier molecular flexibility index (Phi) is 8.89. The summed E-state index contributed by atoms with van der Waals surface area (Å²) in [5.74, 6) is 0.224. The predicted octanol–water partition coefficient (Wildman–Crippen LogP) is 4.43. The molecule has 0 radical (unpaired) electrons. The van der Waals surface area contributed by atoms with E-state index in [0.717, 1.165) is 0 Å². The quantitative estimate of drug-likeness (QED) is 0.390. The van der Waals surface area contributed by atoms with Crippen LogP contribution in [0.5, 0.6) is 11.5 Å². The van der Waals surface area contributed by atoms with Crippen molar-refractivity contribution in [1.82, 2.24) is 4.90 Å². The predicted molar refractivity (Wildman–Crippen MR) is 137 cm³/mol. The molecule has 0 saturated carbocycles. The van der Waals surface area contributed by atoms with Crippen LogP contribution in [0.2, 0.25) is 0 Å². The minimum Gasteiger partial charge on any atom is -0.495 e. The Morgan fingerprint density at radius 2 is 1.78 bits per heavy atom. The summed E-state index contributed by atoms with van der Waals surface area (Å²) >= 11 is 0. The van der Waals surface area contributed by atoms with Crippen molar-refractivity contribution in [1.29, 1.82) is 0 Å². The summed E-state index contributed by atoms with van der Waals surface area (Å²) < 4.78 is 16.0. The average molecular weight is 493 g/mol. The highest BCUT2D eigenvalue weighted by molar-refractivity contribution is 6.16. The second-order valence-corrected chi connectivity index (χ2v) is 8.65. The molecule has 1 aliphatic heterocycles. The molecule has 0 bridgehead atoms. The fourth-order valence-corrected chi connectivity index (χ4v) is 3.82. The van der Waals surface area contributed by atoms with E-state index in [-0.39, 0.29) is 36.5 Å². The normalized spacial score (nSPS) is 14.4. The molecule has 0 fully saturated rings. The Morgan fingerprint density at radius 1 is 1.08 bits per heavy atom. The zero-order chi connectivity index (χ0) is 26.2. The van der Waals surface area contributed by atoms with E-state index in [0.29, 0.717) is 40.6 Å². The van der Waals surface area contributed by atoms with Crippen molar-refractivity contribution in [2.45, 2.75) is 27.7 Å². The molecule has 8 heteroatoms. The summed E-state index contributed by atoms with van der Waals surface area (Å²) in [7, 11) is 1.53. The lowest BCUT2D eigenvalue weighted by molar-refractivity contribution is -0.138. The van der Waals surface area contributed by atoms with Gasteiger partial charge in [-0.25, -0.2) is 4.79 Å². The third-order valence-corrected chi connectivity index (χ3v) is 5.48. The molecule has 1 N–H and O–H groups in total. The maximum absolute atomic E-state index is 13.1. The lowest BCUT2D eigenvalue weighted by Crippen LogP contribution is -2.28. The first-order chi connectivity index (χ1) is 17.2. The molecule has 2 amide bonds. The zero-order valence-electron chi connectivity index (χ0n) is 21.3. The van der Waals surface area contributed by atoms with Gasteiger partial charge in [0, 0.05) is 12.2 Å². The summed E-state index contributed by atoms with van der Waals surface area (Å²) in [6.07, 6.45) is 1.68. The van der Waals surface area contributed by atoms with Gasteiger partial charge in [0.15, 0.2) is 6.61 Å². The van der Waals surface area contributed by atoms with Gasteiger partial charge in [0.25, 0.3) is 11.8 Å². The molecule has 1 heterocycles. The second-order valence-electron chi connectivity index (χ2n) is 8.65. The minimum absolute atomic E-state index is 0.184. The largest absolute Gasteiger partial charge is 0.495 e. The smallest absolute Gasteiger partial charge is 0.340 e. The van der Waals surface area contributed by atoms with Crippen molar-refractivity contribution < 1.29 is 28.6 Å². The van der Waals surface area contributed by atoms with E-state index in [2.05, 4.69) is 5.32 Å². The highest BCUT2D eigenvalue weighted by Gasteiger charge is 2.37. The van der Waals surface area contributed by atoms with E-state index in [1.807, 2.05) is 19.9 Å². The Balaban J connectivity index is 1.72. The molecule has 0 aliphatic carbocycles. The molecule has 0 saturated heterocycles. The van der Waals surface area contributed by atoms with Gasteiger partial charge in [0.05, 0.1) is 30.6 Å². The number of esters is 1. The second kappa shape index (κ2) is 12.1. The summed E-state index contributed by atoms with van der Waals surface area (Å²) in [6, 6.07) is 14.0. The minimum atomic E-state index is -0.512. The first-order valence-electron chi connectivity index (χ1n) is 11.8. The van der Waals surface area contributed by atoms with E-state index in [1.165, 1.54) is 7.11 Å². The molecule has 0 aromatic heterocycles. The molecule has 8 nitrogen and oxygen atoms in total. The molecular weight excluding hydrogens is 460 g/mol. The number of ether oxygens (including phenoxy) is 3. The van der Waals surface area contributed by atoms with Crippen molar-refractivity contribution in [3.63, 3.8) is 0 Å². The highest BCUT2D eigenvalue weighted by atomic mass is 16.5. The molecule has 0 unspecified atom stereocenters. The highest BCUT2D eigenvalue weighted by Crippen LogP contribution is 2.32. The Bertz CT molecular complexity index is 1180. The lowest BCUT2D eigenvalue weighted by atomic mass is 10.0. The van der Waals surface area contributed by atoms with Crippen LogP contribution in [0.25, 0.3) is 6.08 Å². The van der Waals surface area contributed by atoms with Crippen molar-refractivity contribution >= 4 is 29.5 Å². The van der Waals surface area contributed by atoms with Gasteiger partial charge in [-0.2, -0.15) is 0 Å². The Labute approximate surface area is 211 Å².